The standard InChI is InChI=1S/C14H16O2/c15-14-10-6-2-5-9-13(16-14)11-12-7-3-1-4-8-12/h1,3-4,7-8,11H,2,5-6,9-10H2/b13-11-. The number of hydrogen-bond acceptors (Lipinski definition) is 2. The van der Waals surface area contributed by atoms with Gasteiger partial charge in [0.15, 0.2) is 0 Å². The van der Waals surface area contributed by atoms with Crippen LogP contribution in [-0.4, -0.2) is 5.97 Å². The highest BCUT2D eigenvalue weighted by Crippen LogP contribution is 2.19. The minimum absolute atomic E-state index is 0.0955. The molecule has 1 aliphatic rings. The summed E-state index contributed by atoms with van der Waals surface area (Å²) in [6, 6.07) is 9.97. The van der Waals surface area contributed by atoms with Crippen LogP contribution >= 0.6 is 0 Å². The van der Waals surface area contributed by atoms with E-state index < -0.39 is 0 Å². The molecule has 1 aromatic rings. The molecule has 0 aliphatic carbocycles. The molecule has 0 aromatic heterocycles. The van der Waals surface area contributed by atoms with E-state index in [0.29, 0.717) is 6.42 Å². The van der Waals surface area contributed by atoms with Crippen molar-refractivity contribution < 1.29 is 9.53 Å². The molecule has 0 radical (unpaired) electrons. The van der Waals surface area contributed by atoms with E-state index in [1.165, 1.54) is 0 Å². The molecule has 0 N–H and O–H groups in total. The van der Waals surface area contributed by atoms with Crippen LogP contribution in [0.15, 0.2) is 36.1 Å². The van der Waals surface area contributed by atoms with Crippen LogP contribution in [0.3, 0.4) is 0 Å². The Morgan fingerprint density at radius 3 is 2.56 bits per heavy atom. The predicted molar refractivity (Wildman–Crippen MR) is 63.6 cm³/mol. The van der Waals surface area contributed by atoms with E-state index in [4.69, 9.17) is 4.74 Å². The highest BCUT2D eigenvalue weighted by Gasteiger charge is 2.10. The zero-order chi connectivity index (χ0) is 11.2. The summed E-state index contributed by atoms with van der Waals surface area (Å²) in [5, 5.41) is 0. The first-order valence-corrected chi connectivity index (χ1v) is 5.81. The number of benzene rings is 1. The lowest BCUT2D eigenvalue weighted by Crippen LogP contribution is -2.07. The fourth-order valence-electron chi connectivity index (χ4n) is 1.83. The van der Waals surface area contributed by atoms with Crippen LogP contribution in [-0.2, 0) is 9.53 Å². The zero-order valence-electron chi connectivity index (χ0n) is 9.32. The second kappa shape index (κ2) is 5.50. The van der Waals surface area contributed by atoms with Crippen LogP contribution in [0.5, 0.6) is 0 Å². The molecule has 0 saturated carbocycles. The molecule has 0 unspecified atom stereocenters. The fraction of sp³-hybridized carbons (Fsp3) is 0.357. The predicted octanol–water partition coefficient (Wildman–Crippen LogP) is 3.53. The van der Waals surface area contributed by atoms with Crippen molar-refractivity contribution in [3.8, 4) is 0 Å². The van der Waals surface area contributed by atoms with Gasteiger partial charge in [0.2, 0.25) is 0 Å². The van der Waals surface area contributed by atoms with Gasteiger partial charge in [-0.2, -0.15) is 0 Å². The number of allylic oxidation sites excluding steroid dienone is 1. The average molecular weight is 216 g/mol. The van der Waals surface area contributed by atoms with Gasteiger partial charge in [-0.05, 0) is 24.5 Å². The summed E-state index contributed by atoms with van der Waals surface area (Å²) >= 11 is 0. The third kappa shape index (κ3) is 3.23. The van der Waals surface area contributed by atoms with Crippen molar-refractivity contribution in [3.63, 3.8) is 0 Å². The van der Waals surface area contributed by atoms with E-state index in [1.807, 2.05) is 36.4 Å². The van der Waals surface area contributed by atoms with Crippen molar-refractivity contribution in [1.29, 1.82) is 0 Å². The topological polar surface area (TPSA) is 26.3 Å². The second-order valence-electron chi connectivity index (χ2n) is 4.06. The average Bonchev–Trinajstić information content (AvgIpc) is 2.27. The molecule has 1 aliphatic heterocycles. The zero-order valence-corrected chi connectivity index (χ0v) is 9.32. The molecule has 1 fully saturated rings. The van der Waals surface area contributed by atoms with Gasteiger partial charge < -0.3 is 4.74 Å². The van der Waals surface area contributed by atoms with Gasteiger partial charge in [0.25, 0.3) is 0 Å². The Labute approximate surface area is 95.9 Å². The quantitative estimate of drug-likeness (QED) is 0.671. The second-order valence-corrected chi connectivity index (χ2v) is 4.06. The molecule has 0 amide bonds. The van der Waals surface area contributed by atoms with Gasteiger partial charge in [0.1, 0.15) is 5.76 Å². The van der Waals surface area contributed by atoms with Gasteiger partial charge in [-0.3, -0.25) is 4.79 Å². The largest absolute Gasteiger partial charge is 0.431 e. The number of cyclic esters (lactones) is 1. The Balaban J connectivity index is 2.11. The lowest BCUT2D eigenvalue weighted by Gasteiger charge is -2.12. The molecule has 0 spiro atoms. The third-order valence-electron chi connectivity index (χ3n) is 2.68. The summed E-state index contributed by atoms with van der Waals surface area (Å²) < 4.78 is 5.32. The Morgan fingerprint density at radius 1 is 1.00 bits per heavy atom. The first-order chi connectivity index (χ1) is 7.84. The third-order valence-corrected chi connectivity index (χ3v) is 2.68. The molecule has 0 atom stereocenters. The van der Waals surface area contributed by atoms with Crippen molar-refractivity contribution in [2.45, 2.75) is 32.1 Å². The Hall–Kier alpha value is -1.57. The van der Waals surface area contributed by atoms with E-state index in [-0.39, 0.29) is 5.97 Å². The van der Waals surface area contributed by atoms with Crippen molar-refractivity contribution in [1.82, 2.24) is 0 Å². The molecule has 2 nitrogen and oxygen atoms in total. The maximum atomic E-state index is 11.4. The normalized spacial score (nSPS) is 20.0. The van der Waals surface area contributed by atoms with Gasteiger partial charge in [0.05, 0.1) is 0 Å². The van der Waals surface area contributed by atoms with Crippen LogP contribution in [0.1, 0.15) is 37.7 Å². The number of esters is 1. The number of ether oxygens (including phenoxy) is 1. The van der Waals surface area contributed by atoms with Crippen molar-refractivity contribution in [3.05, 3.63) is 41.7 Å². The first-order valence-electron chi connectivity index (χ1n) is 5.81. The lowest BCUT2D eigenvalue weighted by molar-refractivity contribution is -0.140. The summed E-state index contributed by atoms with van der Waals surface area (Å²) in [4.78, 5) is 11.4. The summed E-state index contributed by atoms with van der Waals surface area (Å²) in [7, 11) is 0. The van der Waals surface area contributed by atoms with Crippen molar-refractivity contribution in [2.24, 2.45) is 0 Å². The van der Waals surface area contributed by atoms with Gasteiger partial charge in [-0.15, -0.1) is 0 Å². The molecule has 1 saturated heterocycles. The number of carbonyl (C=O) groups excluding carboxylic acids is 1. The monoisotopic (exact) mass is 216 g/mol. The SMILES string of the molecule is O=C1CCCCC/C(=C/c2ccccc2)O1. The van der Waals surface area contributed by atoms with E-state index in [9.17, 15) is 4.79 Å². The molecule has 2 rings (SSSR count). The number of carbonyl (C=O) groups is 1. The lowest BCUT2D eigenvalue weighted by atomic mass is 10.1. The number of hydrogen-bond donors (Lipinski definition) is 0. The van der Waals surface area contributed by atoms with E-state index in [2.05, 4.69) is 0 Å². The Kier molecular flexibility index (Phi) is 3.76. The molecule has 1 aromatic carbocycles. The Morgan fingerprint density at radius 2 is 1.75 bits per heavy atom. The van der Waals surface area contributed by atoms with Gasteiger partial charge in [0, 0.05) is 12.8 Å². The Bertz CT molecular complexity index is 379. The molecule has 16 heavy (non-hydrogen) atoms. The molecule has 84 valence electrons. The molecular formula is C14H16O2. The highest BCUT2D eigenvalue weighted by atomic mass is 16.5. The van der Waals surface area contributed by atoms with E-state index in [0.717, 1.165) is 37.0 Å². The van der Waals surface area contributed by atoms with Gasteiger partial charge in [-0.1, -0.05) is 36.8 Å². The minimum Gasteiger partial charge on any atom is -0.431 e. The summed E-state index contributed by atoms with van der Waals surface area (Å²) in [5.41, 5.74) is 1.09. The van der Waals surface area contributed by atoms with Crippen LogP contribution in [0.2, 0.25) is 0 Å². The van der Waals surface area contributed by atoms with Crippen LogP contribution < -0.4 is 0 Å². The maximum absolute atomic E-state index is 11.4. The molecule has 0 bridgehead atoms. The van der Waals surface area contributed by atoms with Crippen LogP contribution in [0, 0.1) is 0 Å². The van der Waals surface area contributed by atoms with Gasteiger partial charge >= 0.3 is 5.97 Å². The smallest absolute Gasteiger partial charge is 0.310 e. The van der Waals surface area contributed by atoms with Gasteiger partial charge in [-0.25, -0.2) is 0 Å². The van der Waals surface area contributed by atoms with Crippen LogP contribution in [0.4, 0.5) is 0 Å². The molecule has 1 heterocycles. The maximum Gasteiger partial charge on any atom is 0.310 e. The first kappa shape index (κ1) is 10.9. The summed E-state index contributed by atoms with van der Waals surface area (Å²) in [6.45, 7) is 0. The number of rotatable bonds is 1. The summed E-state index contributed by atoms with van der Waals surface area (Å²) in [6.07, 6.45) is 6.54. The molecule has 2 heteroatoms. The van der Waals surface area contributed by atoms with E-state index in [1.54, 1.807) is 0 Å². The van der Waals surface area contributed by atoms with Crippen molar-refractivity contribution >= 4 is 12.0 Å². The summed E-state index contributed by atoms with van der Waals surface area (Å²) in [5.74, 6) is 0.706. The minimum atomic E-state index is -0.0955. The van der Waals surface area contributed by atoms with Crippen molar-refractivity contribution in [2.75, 3.05) is 0 Å². The fourth-order valence-corrected chi connectivity index (χ4v) is 1.83. The van der Waals surface area contributed by atoms with E-state index >= 15 is 0 Å². The van der Waals surface area contributed by atoms with Crippen LogP contribution in [0.25, 0.3) is 6.08 Å². The molecular weight excluding hydrogens is 200 g/mol. The highest BCUT2D eigenvalue weighted by molar-refractivity contribution is 5.71.